The molecule has 1 fully saturated rings. The van der Waals surface area contributed by atoms with Crippen molar-refractivity contribution in [1.29, 1.82) is 0 Å². The van der Waals surface area contributed by atoms with E-state index in [0.29, 0.717) is 0 Å². The number of nitrogens with zero attached hydrogens (tertiary/aromatic N) is 1. The molecular formula is C6H8N2OS. The van der Waals surface area contributed by atoms with Gasteiger partial charge in [0.05, 0.1) is 0 Å². The van der Waals surface area contributed by atoms with Crippen LogP contribution in [0.25, 0.3) is 0 Å². The maximum atomic E-state index is 10.9. The maximum Gasteiger partial charge on any atom is 0.247 e. The van der Waals surface area contributed by atoms with Crippen LogP contribution >= 0.6 is 11.8 Å². The molecule has 0 aromatic carbocycles. The molecule has 2 N–H and O–H groups in total. The fourth-order valence-corrected chi connectivity index (χ4v) is 2.22. The average Bonchev–Trinajstić information content (AvgIpc) is 2.03. The van der Waals surface area contributed by atoms with Gasteiger partial charge in [0.15, 0.2) is 0 Å². The summed E-state index contributed by atoms with van der Waals surface area (Å²) in [6, 6.07) is -0.255. The van der Waals surface area contributed by atoms with Crippen molar-refractivity contribution in [2.24, 2.45) is 5.73 Å². The van der Waals surface area contributed by atoms with Gasteiger partial charge in [-0.3, -0.25) is 4.79 Å². The molecule has 54 valence electrons. The zero-order valence-electron chi connectivity index (χ0n) is 5.36. The first-order valence-corrected chi connectivity index (χ1v) is 4.21. The fraction of sp³-hybridized carbons (Fsp3) is 0.500. The molecule has 2 aliphatic heterocycles. The zero-order valence-corrected chi connectivity index (χ0v) is 6.17. The van der Waals surface area contributed by atoms with E-state index in [-0.39, 0.29) is 17.3 Å². The Labute approximate surface area is 63.2 Å². The molecule has 2 heterocycles. The largest absolute Gasteiger partial charge is 0.317 e. The van der Waals surface area contributed by atoms with Crippen LogP contribution in [-0.4, -0.2) is 28.0 Å². The summed E-state index contributed by atoms with van der Waals surface area (Å²) in [7, 11) is 0. The molecule has 0 spiro atoms. The van der Waals surface area contributed by atoms with Gasteiger partial charge < -0.3 is 10.6 Å². The predicted octanol–water partition coefficient (Wildman–Crippen LogP) is -0.258. The Morgan fingerprint density at radius 2 is 2.60 bits per heavy atom. The minimum atomic E-state index is -0.255. The van der Waals surface area contributed by atoms with Crippen LogP contribution in [0.15, 0.2) is 12.3 Å². The van der Waals surface area contributed by atoms with Crippen molar-refractivity contribution in [3.8, 4) is 0 Å². The normalized spacial score (nSPS) is 37.3. The monoisotopic (exact) mass is 156 g/mol. The van der Waals surface area contributed by atoms with Gasteiger partial charge in [0, 0.05) is 12.0 Å². The highest BCUT2D eigenvalue weighted by molar-refractivity contribution is 8.00. The number of hydrogen-bond acceptors (Lipinski definition) is 3. The Morgan fingerprint density at radius 1 is 1.80 bits per heavy atom. The summed E-state index contributed by atoms with van der Waals surface area (Å²) in [5.74, 6) is 1.02. The van der Waals surface area contributed by atoms with Crippen molar-refractivity contribution in [3.63, 3.8) is 0 Å². The topological polar surface area (TPSA) is 46.3 Å². The summed E-state index contributed by atoms with van der Waals surface area (Å²) >= 11 is 1.72. The number of carbonyl (C=O) groups is 1. The molecule has 4 heteroatoms. The van der Waals surface area contributed by atoms with Gasteiger partial charge in [-0.15, -0.1) is 11.8 Å². The van der Waals surface area contributed by atoms with E-state index in [2.05, 4.69) is 0 Å². The van der Waals surface area contributed by atoms with Gasteiger partial charge >= 0.3 is 0 Å². The molecule has 0 unspecified atom stereocenters. The average molecular weight is 156 g/mol. The lowest BCUT2D eigenvalue weighted by Gasteiger charge is -2.44. The number of amides is 1. The molecule has 1 amide bonds. The summed E-state index contributed by atoms with van der Waals surface area (Å²) in [4.78, 5) is 12.6. The number of carbonyl (C=O) groups excluding carboxylic acids is 1. The third kappa shape index (κ3) is 0.630. The lowest BCUT2D eigenvalue weighted by molar-refractivity contribution is -0.140. The Morgan fingerprint density at radius 3 is 3.30 bits per heavy atom. The van der Waals surface area contributed by atoms with E-state index in [1.807, 2.05) is 12.3 Å². The second-order valence-corrected chi connectivity index (χ2v) is 3.53. The van der Waals surface area contributed by atoms with Crippen LogP contribution in [-0.2, 0) is 4.79 Å². The smallest absolute Gasteiger partial charge is 0.247 e. The van der Waals surface area contributed by atoms with Crippen LogP contribution in [0, 0.1) is 0 Å². The van der Waals surface area contributed by atoms with Crippen LogP contribution in [0.4, 0.5) is 0 Å². The predicted molar refractivity (Wildman–Crippen MR) is 40.2 cm³/mol. The number of hydrogen-bond donors (Lipinski definition) is 1. The van der Waals surface area contributed by atoms with Crippen LogP contribution in [0.3, 0.4) is 0 Å². The molecule has 2 rings (SSSR count). The Bertz CT molecular complexity index is 204. The Hall–Kier alpha value is -0.480. The first-order chi connectivity index (χ1) is 4.80. The van der Waals surface area contributed by atoms with Gasteiger partial charge in [0.1, 0.15) is 11.4 Å². The minimum absolute atomic E-state index is 0.0495. The third-order valence-corrected chi connectivity index (χ3v) is 3.00. The maximum absolute atomic E-state index is 10.9. The molecule has 10 heavy (non-hydrogen) atoms. The van der Waals surface area contributed by atoms with E-state index in [9.17, 15) is 4.79 Å². The van der Waals surface area contributed by atoms with Crippen molar-refractivity contribution in [2.75, 3.05) is 5.75 Å². The second-order valence-electron chi connectivity index (χ2n) is 2.38. The van der Waals surface area contributed by atoms with E-state index in [1.165, 1.54) is 0 Å². The molecule has 3 nitrogen and oxygen atoms in total. The second kappa shape index (κ2) is 2.00. The van der Waals surface area contributed by atoms with Crippen LogP contribution in [0.2, 0.25) is 0 Å². The van der Waals surface area contributed by atoms with Gasteiger partial charge in [-0.25, -0.2) is 0 Å². The van der Waals surface area contributed by atoms with Crippen LogP contribution in [0.1, 0.15) is 0 Å². The fourth-order valence-electron chi connectivity index (χ4n) is 1.16. The van der Waals surface area contributed by atoms with Crippen molar-refractivity contribution in [3.05, 3.63) is 12.3 Å². The third-order valence-electron chi connectivity index (χ3n) is 1.75. The quantitative estimate of drug-likeness (QED) is 0.492. The molecule has 1 saturated heterocycles. The zero-order chi connectivity index (χ0) is 7.14. The molecule has 0 aromatic rings. The van der Waals surface area contributed by atoms with Gasteiger partial charge in [-0.05, 0) is 0 Å². The highest BCUT2D eigenvalue weighted by Crippen LogP contribution is 2.31. The van der Waals surface area contributed by atoms with Crippen LogP contribution < -0.4 is 5.73 Å². The molecule has 2 aliphatic rings. The van der Waals surface area contributed by atoms with Gasteiger partial charge in [-0.1, -0.05) is 6.08 Å². The van der Waals surface area contributed by atoms with E-state index in [4.69, 9.17) is 5.73 Å². The summed E-state index contributed by atoms with van der Waals surface area (Å²) in [5.41, 5.74) is 5.53. The molecular weight excluding hydrogens is 148 g/mol. The lowest BCUT2D eigenvalue weighted by atomic mass is 10.1. The standard InChI is InChI=1S/C6H8N2OS/c7-4-5(9)8-2-1-3-10-6(4)8/h1-2,4,6H,3,7H2/t4-,6+/m0/s1. The van der Waals surface area contributed by atoms with Crippen LogP contribution in [0.5, 0.6) is 0 Å². The number of β-lactam (4-membered cyclic amide) rings is 1. The molecule has 0 aromatic heterocycles. The summed E-state index contributed by atoms with van der Waals surface area (Å²) < 4.78 is 0. The molecule has 2 atom stereocenters. The van der Waals surface area contributed by atoms with E-state index >= 15 is 0 Å². The summed E-state index contributed by atoms with van der Waals surface area (Å²) in [5, 5.41) is 0.220. The van der Waals surface area contributed by atoms with E-state index in [0.717, 1.165) is 5.75 Å². The van der Waals surface area contributed by atoms with Gasteiger partial charge in [0.25, 0.3) is 0 Å². The van der Waals surface area contributed by atoms with Crippen molar-refractivity contribution < 1.29 is 4.79 Å². The summed E-state index contributed by atoms with van der Waals surface area (Å²) in [6.45, 7) is 0. The SMILES string of the molecule is N[C@H]1C(=O)N2C=CCS[C@H]12. The molecule has 0 saturated carbocycles. The first kappa shape index (κ1) is 6.24. The van der Waals surface area contributed by atoms with E-state index in [1.54, 1.807) is 16.7 Å². The highest BCUT2D eigenvalue weighted by atomic mass is 32.2. The molecule has 0 aliphatic carbocycles. The molecule has 0 bridgehead atoms. The highest BCUT2D eigenvalue weighted by Gasteiger charge is 2.44. The van der Waals surface area contributed by atoms with Crippen molar-refractivity contribution in [1.82, 2.24) is 4.90 Å². The number of rotatable bonds is 0. The Balaban J connectivity index is 2.18. The Kier molecular flexibility index (Phi) is 1.25. The van der Waals surface area contributed by atoms with Crippen molar-refractivity contribution >= 4 is 17.7 Å². The molecule has 0 radical (unpaired) electrons. The van der Waals surface area contributed by atoms with Gasteiger partial charge in [-0.2, -0.15) is 0 Å². The number of thioether (sulfide) groups is 1. The van der Waals surface area contributed by atoms with Crippen molar-refractivity contribution in [2.45, 2.75) is 11.4 Å². The van der Waals surface area contributed by atoms with E-state index < -0.39 is 0 Å². The number of fused-ring (bicyclic) bond motifs is 1. The first-order valence-electron chi connectivity index (χ1n) is 3.17. The lowest BCUT2D eigenvalue weighted by Crippen LogP contribution is -2.65. The van der Waals surface area contributed by atoms with Gasteiger partial charge in [0.2, 0.25) is 5.91 Å². The number of nitrogens with two attached hydrogens (primary N) is 1. The minimum Gasteiger partial charge on any atom is -0.317 e. The summed E-state index contributed by atoms with van der Waals surface area (Å²) in [6.07, 6.45) is 3.80.